The van der Waals surface area contributed by atoms with Crippen LogP contribution in [0.1, 0.15) is 64.7 Å². The van der Waals surface area contributed by atoms with E-state index < -0.39 is 5.60 Å². The Morgan fingerprint density at radius 3 is 2.83 bits per heavy atom. The van der Waals surface area contributed by atoms with E-state index in [-0.39, 0.29) is 11.8 Å². The fourth-order valence-electron chi connectivity index (χ4n) is 6.71. The number of carbonyl (C=O) groups is 1. The Balaban J connectivity index is 1.63. The van der Waals surface area contributed by atoms with Crippen molar-refractivity contribution >= 4 is 5.78 Å². The van der Waals surface area contributed by atoms with Gasteiger partial charge in [-0.2, -0.15) is 5.26 Å². The molecule has 0 heterocycles. The van der Waals surface area contributed by atoms with Gasteiger partial charge in [-0.15, -0.1) is 0 Å². The molecule has 0 aromatic rings. The summed E-state index contributed by atoms with van der Waals surface area (Å²) < 4.78 is 0. The summed E-state index contributed by atoms with van der Waals surface area (Å²) in [4.78, 5) is 11.7. The van der Waals surface area contributed by atoms with Crippen LogP contribution in [0.5, 0.6) is 0 Å². The molecule has 124 valence electrons. The second kappa shape index (κ2) is 5.18. The van der Waals surface area contributed by atoms with Crippen LogP contribution in [0.3, 0.4) is 0 Å². The van der Waals surface area contributed by atoms with Gasteiger partial charge in [-0.25, -0.2) is 0 Å². The summed E-state index contributed by atoms with van der Waals surface area (Å²) in [7, 11) is 0. The molecule has 6 unspecified atom stereocenters. The Morgan fingerprint density at radius 2 is 2.04 bits per heavy atom. The van der Waals surface area contributed by atoms with Crippen molar-refractivity contribution in [1.82, 2.24) is 0 Å². The number of ketones is 1. The van der Waals surface area contributed by atoms with Crippen LogP contribution >= 0.6 is 0 Å². The Kier molecular flexibility index (Phi) is 3.47. The molecule has 4 rings (SSSR count). The quantitative estimate of drug-likeness (QED) is 0.801. The smallest absolute Gasteiger partial charge is 0.155 e. The van der Waals surface area contributed by atoms with Crippen molar-refractivity contribution in [3.8, 4) is 6.07 Å². The highest BCUT2D eigenvalue weighted by molar-refractivity contribution is 5.91. The molecule has 4 aliphatic carbocycles. The molecule has 0 radical (unpaired) electrons. The first-order valence-electron chi connectivity index (χ1n) is 9.31. The number of aliphatic hydroxyl groups is 1. The Hall–Kier alpha value is -1.14. The van der Waals surface area contributed by atoms with Gasteiger partial charge in [0, 0.05) is 11.8 Å². The van der Waals surface area contributed by atoms with Crippen LogP contribution in [-0.2, 0) is 4.79 Å². The third-order valence-corrected chi connectivity index (χ3v) is 7.99. The summed E-state index contributed by atoms with van der Waals surface area (Å²) in [5.41, 5.74) is 0.544. The molecule has 3 heteroatoms. The second-order valence-electron chi connectivity index (χ2n) is 8.66. The van der Waals surface area contributed by atoms with Gasteiger partial charge in [-0.05, 0) is 74.7 Å². The summed E-state index contributed by atoms with van der Waals surface area (Å²) in [6.07, 6.45) is 10.3. The number of rotatable bonds is 1. The number of nitrogens with zero attached hydrogens (tertiary/aromatic N) is 1. The molecule has 0 aliphatic heterocycles. The molecule has 0 bridgehead atoms. The minimum Gasteiger partial charge on any atom is -0.388 e. The van der Waals surface area contributed by atoms with Crippen molar-refractivity contribution in [3.05, 3.63) is 11.6 Å². The molecule has 0 amide bonds. The van der Waals surface area contributed by atoms with E-state index in [1.165, 1.54) is 12.0 Å². The largest absolute Gasteiger partial charge is 0.388 e. The zero-order valence-corrected chi connectivity index (χ0v) is 14.1. The third-order valence-electron chi connectivity index (χ3n) is 7.99. The number of carbonyl (C=O) groups excluding carboxylic acids is 1. The molecule has 0 spiro atoms. The molecule has 1 N–H and O–H groups in total. The first-order valence-corrected chi connectivity index (χ1v) is 9.31. The van der Waals surface area contributed by atoms with Gasteiger partial charge in [0.15, 0.2) is 5.78 Å². The molecule has 0 saturated heterocycles. The summed E-state index contributed by atoms with van der Waals surface area (Å²) in [6, 6.07) is 2.23. The second-order valence-corrected chi connectivity index (χ2v) is 8.66. The van der Waals surface area contributed by atoms with Gasteiger partial charge < -0.3 is 5.11 Å². The fourth-order valence-corrected chi connectivity index (χ4v) is 6.71. The van der Waals surface area contributed by atoms with Crippen LogP contribution in [0, 0.1) is 40.4 Å². The van der Waals surface area contributed by atoms with Crippen LogP contribution in [0.15, 0.2) is 11.6 Å². The minimum absolute atomic E-state index is 0.0877. The van der Waals surface area contributed by atoms with Crippen molar-refractivity contribution < 1.29 is 9.90 Å². The average Bonchev–Trinajstić information content (AvgIpc) is 2.79. The molecule has 3 nitrogen and oxygen atoms in total. The Bertz CT molecular complexity index is 603. The Morgan fingerprint density at radius 1 is 1.22 bits per heavy atom. The number of nitriles is 1. The molecule has 6 atom stereocenters. The van der Waals surface area contributed by atoms with Crippen molar-refractivity contribution in [2.24, 2.45) is 29.1 Å². The van der Waals surface area contributed by atoms with Crippen molar-refractivity contribution in [2.45, 2.75) is 70.3 Å². The topological polar surface area (TPSA) is 61.1 Å². The van der Waals surface area contributed by atoms with E-state index in [1.54, 1.807) is 0 Å². The van der Waals surface area contributed by atoms with Crippen LogP contribution < -0.4 is 0 Å². The number of allylic oxidation sites excluding steroid dienone is 1. The molecule has 0 aromatic heterocycles. The number of fused-ring (bicyclic) bond motifs is 5. The third kappa shape index (κ3) is 2.07. The molecule has 3 fully saturated rings. The van der Waals surface area contributed by atoms with E-state index in [1.807, 2.05) is 6.08 Å². The van der Waals surface area contributed by atoms with Gasteiger partial charge in [0.1, 0.15) is 0 Å². The molecule has 4 aliphatic rings. The van der Waals surface area contributed by atoms with Crippen LogP contribution in [-0.4, -0.2) is 16.5 Å². The van der Waals surface area contributed by atoms with E-state index in [2.05, 4.69) is 13.0 Å². The lowest BCUT2D eigenvalue weighted by molar-refractivity contribution is -0.119. The zero-order valence-electron chi connectivity index (χ0n) is 14.1. The molecule has 3 saturated carbocycles. The van der Waals surface area contributed by atoms with Crippen molar-refractivity contribution in [1.29, 1.82) is 5.26 Å². The van der Waals surface area contributed by atoms with E-state index in [0.717, 1.165) is 44.9 Å². The van der Waals surface area contributed by atoms with Crippen molar-refractivity contribution in [3.63, 3.8) is 0 Å². The van der Waals surface area contributed by atoms with E-state index in [4.69, 9.17) is 5.26 Å². The van der Waals surface area contributed by atoms with Gasteiger partial charge in [0.05, 0.1) is 18.1 Å². The normalized spacial score (nSPS) is 48.7. The highest BCUT2D eigenvalue weighted by Crippen LogP contribution is 2.65. The molecular weight excluding hydrogens is 286 g/mol. The predicted molar refractivity (Wildman–Crippen MR) is 87.3 cm³/mol. The molecular formula is C20H27NO2. The van der Waals surface area contributed by atoms with Gasteiger partial charge in [0.2, 0.25) is 0 Å². The van der Waals surface area contributed by atoms with E-state index in [0.29, 0.717) is 29.5 Å². The molecule has 23 heavy (non-hydrogen) atoms. The lowest BCUT2D eigenvalue weighted by atomic mass is 9.50. The van der Waals surface area contributed by atoms with Gasteiger partial charge in [-0.3, -0.25) is 4.79 Å². The lowest BCUT2D eigenvalue weighted by Gasteiger charge is -2.55. The Labute approximate surface area is 138 Å². The highest BCUT2D eigenvalue weighted by atomic mass is 16.3. The summed E-state index contributed by atoms with van der Waals surface area (Å²) in [5, 5.41) is 20.3. The summed E-state index contributed by atoms with van der Waals surface area (Å²) in [6.45, 7) is 2.24. The monoisotopic (exact) mass is 313 g/mol. The standard InChI is InChI=1S/C20H27NO2/c1-19-8-6-16-15-5-3-14(22)12-13(15)2-4-17(16)18(19)7-9-20(19,23)10-11-21/h12,15-18,23H,2-10H2,1H3. The number of hydrogen-bond acceptors (Lipinski definition) is 3. The van der Waals surface area contributed by atoms with E-state index in [9.17, 15) is 9.90 Å². The van der Waals surface area contributed by atoms with Gasteiger partial charge in [0.25, 0.3) is 0 Å². The van der Waals surface area contributed by atoms with Crippen LogP contribution in [0.2, 0.25) is 0 Å². The fraction of sp³-hybridized carbons (Fsp3) is 0.800. The predicted octanol–water partition coefficient (Wildman–Crippen LogP) is 3.77. The summed E-state index contributed by atoms with van der Waals surface area (Å²) in [5.74, 6) is 2.86. The number of hydrogen-bond donors (Lipinski definition) is 1. The van der Waals surface area contributed by atoms with Gasteiger partial charge >= 0.3 is 0 Å². The maximum Gasteiger partial charge on any atom is 0.155 e. The maximum atomic E-state index is 11.7. The highest BCUT2D eigenvalue weighted by Gasteiger charge is 2.62. The van der Waals surface area contributed by atoms with Crippen LogP contribution in [0.4, 0.5) is 0 Å². The van der Waals surface area contributed by atoms with Gasteiger partial charge in [-0.1, -0.05) is 12.5 Å². The first-order chi connectivity index (χ1) is 11.0. The van der Waals surface area contributed by atoms with Crippen LogP contribution in [0.25, 0.3) is 0 Å². The molecule has 0 aromatic carbocycles. The van der Waals surface area contributed by atoms with E-state index >= 15 is 0 Å². The average molecular weight is 313 g/mol. The maximum absolute atomic E-state index is 11.7. The first kappa shape index (κ1) is 15.4. The zero-order chi connectivity index (χ0) is 16.2. The summed E-state index contributed by atoms with van der Waals surface area (Å²) >= 11 is 0. The SMILES string of the molecule is CC12CCC3C4CCC(=O)C=C4CCC3C1CCC2(O)CC#N. The van der Waals surface area contributed by atoms with Crippen molar-refractivity contribution in [2.75, 3.05) is 0 Å². The lowest BCUT2D eigenvalue weighted by Crippen LogP contribution is -2.52. The minimum atomic E-state index is -0.782.